The molecule has 1 heterocycles. The summed E-state index contributed by atoms with van der Waals surface area (Å²) >= 11 is 0. The van der Waals surface area contributed by atoms with E-state index in [4.69, 9.17) is 4.74 Å². The lowest BCUT2D eigenvalue weighted by atomic mass is 10.0. The summed E-state index contributed by atoms with van der Waals surface area (Å²) in [4.78, 5) is 26.5. The maximum absolute atomic E-state index is 13.1. The van der Waals surface area contributed by atoms with Gasteiger partial charge in [0.05, 0.1) is 18.8 Å². The molecule has 2 amide bonds. The smallest absolute Gasteiger partial charge is 0.254 e. The van der Waals surface area contributed by atoms with Crippen molar-refractivity contribution < 1.29 is 14.3 Å². The highest BCUT2D eigenvalue weighted by Gasteiger charge is 2.38. The minimum atomic E-state index is -0.638. The third kappa shape index (κ3) is 4.19. The Morgan fingerprint density at radius 3 is 2.64 bits per heavy atom. The molecule has 0 bridgehead atoms. The summed E-state index contributed by atoms with van der Waals surface area (Å²) in [6, 6.07) is 13.0. The monoisotopic (exact) mass is 380 g/mol. The average molecular weight is 380 g/mol. The van der Waals surface area contributed by atoms with E-state index in [0.717, 1.165) is 34.5 Å². The molecule has 0 aliphatic carbocycles. The molecule has 0 fully saturated rings. The van der Waals surface area contributed by atoms with Gasteiger partial charge in [0.15, 0.2) is 0 Å². The number of para-hydroxylation sites is 2. The zero-order valence-electron chi connectivity index (χ0n) is 17.0. The predicted molar refractivity (Wildman–Crippen MR) is 110 cm³/mol. The van der Waals surface area contributed by atoms with Gasteiger partial charge in [-0.1, -0.05) is 50.2 Å². The lowest BCUT2D eigenvalue weighted by molar-refractivity contribution is -0.126. The van der Waals surface area contributed by atoms with Gasteiger partial charge in [0.1, 0.15) is 11.8 Å². The molecule has 3 rings (SSSR count). The zero-order chi connectivity index (χ0) is 20.3. The quantitative estimate of drug-likeness (QED) is 0.785. The van der Waals surface area contributed by atoms with Crippen molar-refractivity contribution in [2.24, 2.45) is 5.92 Å². The zero-order valence-corrected chi connectivity index (χ0v) is 17.0. The lowest BCUT2D eigenvalue weighted by Gasteiger charge is -2.21. The van der Waals surface area contributed by atoms with Gasteiger partial charge >= 0.3 is 0 Å². The van der Waals surface area contributed by atoms with E-state index in [1.54, 1.807) is 4.90 Å². The van der Waals surface area contributed by atoms with Crippen LogP contribution in [0.3, 0.4) is 0 Å². The third-order valence-corrected chi connectivity index (χ3v) is 4.96. The Labute approximate surface area is 166 Å². The standard InChI is InChI=1S/C23H28N2O3/c1-15(2)12-13-28-20-11-6-5-9-18(20)14-25-22-16(3)8-7-10-19(22)21(23(25)27)24-17(4)26/h5-11,15,21H,12-14H2,1-4H3,(H,24,26). The first-order valence-corrected chi connectivity index (χ1v) is 9.77. The number of amides is 2. The molecule has 1 unspecified atom stereocenters. The number of carbonyl (C=O) groups is 2. The number of carbonyl (C=O) groups excluding carboxylic acids is 2. The summed E-state index contributed by atoms with van der Waals surface area (Å²) in [6.45, 7) is 8.81. The van der Waals surface area contributed by atoms with E-state index < -0.39 is 6.04 Å². The molecule has 0 spiro atoms. The van der Waals surface area contributed by atoms with Crippen LogP contribution in [0.15, 0.2) is 42.5 Å². The number of rotatable bonds is 7. The van der Waals surface area contributed by atoms with E-state index in [0.29, 0.717) is 19.1 Å². The van der Waals surface area contributed by atoms with Gasteiger partial charge in [-0.3, -0.25) is 9.59 Å². The van der Waals surface area contributed by atoms with Gasteiger partial charge < -0.3 is 15.0 Å². The number of anilines is 1. The lowest BCUT2D eigenvalue weighted by Crippen LogP contribution is -2.36. The van der Waals surface area contributed by atoms with Crippen molar-refractivity contribution in [3.05, 3.63) is 59.2 Å². The van der Waals surface area contributed by atoms with Crippen LogP contribution in [0.4, 0.5) is 5.69 Å². The summed E-state index contributed by atoms with van der Waals surface area (Å²) in [5, 5.41) is 2.79. The highest BCUT2D eigenvalue weighted by atomic mass is 16.5. The second-order valence-electron chi connectivity index (χ2n) is 7.71. The summed E-state index contributed by atoms with van der Waals surface area (Å²) < 4.78 is 6.00. The van der Waals surface area contributed by atoms with Gasteiger partial charge in [-0.15, -0.1) is 0 Å². The number of ether oxygens (including phenoxy) is 1. The molecule has 2 aromatic carbocycles. The van der Waals surface area contributed by atoms with Crippen LogP contribution in [-0.4, -0.2) is 18.4 Å². The van der Waals surface area contributed by atoms with E-state index in [9.17, 15) is 9.59 Å². The summed E-state index contributed by atoms with van der Waals surface area (Å²) in [5.41, 5.74) is 3.69. The molecule has 0 saturated carbocycles. The molecule has 5 nitrogen and oxygen atoms in total. The first-order chi connectivity index (χ1) is 13.4. The van der Waals surface area contributed by atoms with Crippen molar-refractivity contribution in [1.82, 2.24) is 5.32 Å². The molecule has 1 N–H and O–H groups in total. The van der Waals surface area contributed by atoms with Gasteiger partial charge in [-0.25, -0.2) is 0 Å². The van der Waals surface area contributed by atoms with Crippen LogP contribution in [0, 0.1) is 12.8 Å². The first kappa shape index (κ1) is 19.9. The van der Waals surface area contributed by atoms with E-state index in [-0.39, 0.29) is 11.8 Å². The Morgan fingerprint density at radius 2 is 1.93 bits per heavy atom. The molecule has 5 heteroatoms. The van der Waals surface area contributed by atoms with Gasteiger partial charge in [0.2, 0.25) is 5.91 Å². The number of benzene rings is 2. The minimum absolute atomic E-state index is 0.114. The van der Waals surface area contributed by atoms with Crippen LogP contribution in [0.5, 0.6) is 5.75 Å². The van der Waals surface area contributed by atoms with Crippen molar-refractivity contribution in [2.75, 3.05) is 11.5 Å². The van der Waals surface area contributed by atoms with Gasteiger partial charge in [0, 0.05) is 18.1 Å². The molecule has 1 aliphatic heterocycles. The molecule has 2 aromatic rings. The molecular weight excluding hydrogens is 352 g/mol. The number of hydrogen-bond acceptors (Lipinski definition) is 3. The van der Waals surface area contributed by atoms with Gasteiger partial charge in [-0.2, -0.15) is 0 Å². The molecule has 0 saturated heterocycles. The Kier molecular flexibility index (Phi) is 6.02. The molecule has 1 atom stereocenters. The Morgan fingerprint density at radius 1 is 1.18 bits per heavy atom. The van der Waals surface area contributed by atoms with Gasteiger partial charge in [-0.05, 0) is 30.9 Å². The molecular formula is C23H28N2O3. The molecule has 148 valence electrons. The van der Waals surface area contributed by atoms with Crippen LogP contribution in [0.1, 0.15) is 49.9 Å². The molecule has 1 aliphatic rings. The SMILES string of the molecule is CC(=O)NC1C(=O)N(Cc2ccccc2OCCC(C)C)c2c(C)cccc21. The number of nitrogens with zero attached hydrogens (tertiary/aromatic N) is 1. The molecule has 28 heavy (non-hydrogen) atoms. The summed E-state index contributed by atoms with van der Waals surface area (Å²) in [7, 11) is 0. The Bertz CT molecular complexity index is 876. The highest BCUT2D eigenvalue weighted by Crippen LogP contribution is 2.40. The second kappa shape index (κ2) is 8.46. The number of aryl methyl sites for hydroxylation is 1. The van der Waals surface area contributed by atoms with Crippen molar-refractivity contribution in [3.8, 4) is 5.75 Å². The predicted octanol–water partition coefficient (Wildman–Crippen LogP) is 4.14. The average Bonchev–Trinajstić information content (AvgIpc) is 2.89. The van der Waals surface area contributed by atoms with Gasteiger partial charge in [0.25, 0.3) is 5.91 Å². The number of nitrogens with one attached hydrogen (secondary N) is 1. The Hall–Kier alpha value is -2.82. The van der Waals surface area contributed by atoms with Crippen molar-refractivity contribution in [1.29, 1.82) is 0 Å². The van der Waals surface area contributed by atoms with E-state index >= 15 is 0 Å². The number of fused-ring (bicyclic) bond motifs is 1. The van der Waals surface area contributed by atoms with Crippen molar-refractivity contribution in [2.45, 2.75) is 46.7 Å². The van der Waals surface area contributed by atoms with Crippen LogP contribution in [0.25, 0.3) is 0 Å². The number of hydrogen-bond donors (Lipinski definition) is 1. The molecule has 0 aromatic heterocycles. The van der Waals surface area contributed by atoms with Crippen LogP contribution < -0.4 is 15.0 Å². The van der Waals surface area contributed by atoms with E-state index in [1.165, 1.54) is 6.92 Å². The largest absolute Gasteiger partial charge is 0.493 e. The van der Waals surface area contributed by atoms with Crippen molar-refractivity contribution >= 4 is 17.5 Å². The fourth-order valence-electron chi connectivity index (χ4n) is 3.53. The first-order valence-electron chi connectivity index (χ1n) is 9.77. The topological polar surface area (TPSA) is 58.6 Å². The van der Waals surface area contributed by atoms with E-state index in [2.05, 4.69) is 19.2 Å². The fourth-order valence-corrected chi connectivity index (χ4v) is 3.53. The van der Waals surface area contributed by atoms with Crippen LogP contribution in [-0.2, 0) is 16.1 Å². The molecule has 0 radical (unpaired) electrons. The summed E-state index contributed by atoms with van der Waals surface area (Å²) in [5.74, 6) is 1.04. The normalized spacial score (nSPS) is 15.7. The highest BCUT2D eigenvalue weighted by molar-refractivity contribution is 6.06. The Balaban J connectivity index is 1.89. The minimum Gasteiger partial charge on any atom is -0.493 e. The maximum Gasteiger partial charge on any atom is 0.254 e. The third-order valence-electron chi connectivity index (χ3n) is 4.96. The fraction of sp³-hybridized carbons (Fsp3) is 0.391. The summed E-state index contributed by atoms with van der Waals surface area (Å²) in [6.07, 6.45) is 0.976. The van der Waals surface area contributed by atoms with Crippen LogP contribution >= 0.6 is 0 Å². The second-order valence-corrected chi connectivity index (χ2v) is 7.71. The van der Waals surface area contributed by atoms with Crippen molar-refractivity contribution in [3.63, 3.8) is 0 Å². The van der Waals surface area contributed by atoms with Crippen LogP contribution in [0.2, 0.25) is 0 Å². The van der Waals surface area contributed by atoms with E-state index in [1.807, 2.05) is 49.4 Å². The maximum atomic E-state index is 13.1.